The van der Waals surface area contributed by atoms with Gasteiger partial charge in [-0.25, -0.2) is 0 Å². The Morgan fingerprint density at radius 1 is 1.50 bits per heavy atom. The summed E-state index contributed by atoms with van der Waals surface area (Å²) < 4.78 is 44.8. The lowest BCUT2D eigenvalue weighted by Crippen LogP contribution is -2.65. The topological polar surface area (TPSA) is 87.8 Å². The Morgan fingerprint density at radius 2 is 2.15 bits per heavy atom. The van der Waals surface area contributed by atoms with E-state index in [2.05, 4.69) is 5.32 Å². The Hall–Kier alpha value is -1.68. The van der Waals surface area contributed by atoms with Crippen LogP contribution in [0, 0.1) is 0 Å². The minimum Gasteiger partial charge on any atom is -0.394 e. The van der Waals surface area contributed by atoms with E-state index >= 15 is 0 Å². The van der Waals surface area contributed by atoms with E-state index in [0.717, 1.165) is 6.07 Å². The Kier molecular flexibility index (Phi) is 6.28. The van der Waals surface area contributed by atoms with Gasteiger partial charge in [0.1, 0.15) is 6.04 Å². The minimum absolute atomic E-state index is 0.00502. The van der Waals surface area contributed by atoms with Crippen molar-refractivity contribution >= 4 is 5.91 Å². The van der Waals surface area contributed by atoms with Gasteiger partial charge in [0.25, 0.3) is 0 Å². The molecule has 1 aliphatic rings. The van der Waals surface area contributed by atoms with Crippen LogP contribution in [0.4, 0.5) is 13.2 Å². The second-order valence-corrected chi connectivity index (χ2v) is 6.64. The standard InChI is InChI=1S/C17H24F3N3O3/c1-11-7-26-10-16(9-24,23(11)2)8-22-15(25)14(21)12-5-3-4-6-13(12)17(18,19)20/h3-6,11,14,24H,7-10,21H2,1-2H3,(H,22,25)/t11-,14?,16+/m1/s1. The van der Waals surface area contributed by atoms with Crippen molar-refractivity contribution in [2.24, 2.45) is 5.73 Å². The molecule has 146 valence electrons. The van der Waals surface area contributed by atoms with Gasteiger partial charge in [-0.05, 0) is 25.6 Å². The van der Waals surface area contributed by atoms with Crippen molar-refractivity contribution < 1.29 is 27.8 Å². The van der Waals surface area contributed by atoms with Crippen LogP contribution in [-0.2, 0) is 15.7 Å². The molecule has 0 radical (unpaired) electrons. The quantitative estimate of drug-likeness (QED) is 0.712. The lowest BCUT2D eigenvalue weighted by Gasteiger charge is -2.47. The predicted molar refractivity (Wildman–Crippen MR) is 89.2 cm³/mol. The summed E-state index contributed by atoms with van der Waals surface area (Å²) in [5.74, 6) is -0.749. The fourth-order valence-corrected chi connectivity index (χ4v) is 3.02. The fourth-order valence-electron chi connectivity index (χ4n) is 3.02. The third-order valence-electron chi connectivity index (χ3n) is 4.91. The molecule has 1 amide bonds. The number of benzene rings is 1. The van der Waals surface area contributed by atoms with Gasteiger partial charge in [0, 0.05) is 12.6 Å². The first-order chi connectivity index (χ1) is 12.1. The summed E-state index contributed by atoms with van der Waals surface area (Å²) >= 11 is 0. The lowest BCUT2D eigenvalue weighted by molar-refractivity contribution is -0.138. The molecule has 1 aromatic rings. The van der Waals surface area contributed by atoms with Gasteiger partial charge in [0.05, 0.1) is 30.9 Å². The molecule has 0 spiro atoms. The number of morpholine rings is 1. The zero-order valence-electron chi connectivity index (χ0n) is 14.7. The number of amides is 1. The summed E-state index contributed by atoms with van der Waals surface area (Å²) in [7, 11) is 1.80. The normalized spacial score (nSPS) is 25.7. The lowest BCUT2D eigenvalue weighted by atomic mass is 9.95. The van der Waals surface area contributed by atoms with E-state index in [4.69, 9.17) is 10.5 Å². The highest BCUT2D eigenvalue weighted by Crippen LogP contribution is 2.34. The summed E-state index contributed by atoms with van der Waals surface area (Å²) in [6.45, 7) is 2.33. The highest BCUT2D eigenvalue weighted by atomic mass is 19.4. The largest absolute Gasteiger partial charge is 0.416 e. The second kappa shape index (κ2) is 7.91. The number of hydrogen-bond acceptors (Lipinski definition) is 5. The fraction of sp³-hybridized carbons (Fsp3) is 0.588. The predicted octanol–water partition coefficient (Wildman–Crippen LogP) is 0.903. The van der Waals surface area contributed by atoms with E-state index in [1.807, 2.05) is 11.8 Å². The number of ether oxygens (including phenoxy) is 1. The molecule has 0 aliphatic carbocycles. The first-order valence-electron chi connectivity index (χ1n) is 8.23. The van der Waals surface area contributed by atoms with Crippen molar-refractivity contribution in [2.75, 3.05) is 33.4 Å². The van der Waals surface area contributed by atoms with Gasteiger partial charge in [-0.3, -0.25) is 9.69 Å². The van der Waals surface area contributed by atoms with Crippen molar-refractivity contribution in [1.29, 1.82) is 0 Å². The maximum atomic E-state index is 13.1. The van der Waals surface area contributed by atoms with Crippen LogP contribution in [0.1, 0.15) is 24.1 Å². The van der Waals surface area contributed by atoms with E-state index in [9.17, 15) is 23.1 Å². The molecule has 1 fully saturated rings. The molecule has 4 N–H and O–H groups in total. The van der Waals surface area contributed by atoms with Crippen LogP contribution in [0.2, 0.25) is 0 Å². The number of nitrogens with two attached hydrogens (primary N) is 1. The monoisotopic (exact) mass is 375 g/mol. The number of alkyl halides is 3. The van der Waals surface area contributed by atoms with E-state index in [0.29, 0.717) is 6.61 Å². The number of likely N-dealkylation sites (N-methyl/N-ethyl adjacent to an activating group) is 1. The molecule has 1 aliphatic heterocycles. The van der Waals surface area contributed by atoms with E-state index in [-0.39, 0.29) is 31.4 Å². The van der Waals surface area contributed by atoms with Crippen LogP contribution in [0.3, 0.4) is 0 Å². The maximum Gasteiger partial charge on any atom is 0.416 e. The van der Waals surface area contributed by atoms with Crippen LogP contribution >= 0.6 is 0 Å². The molecule has 0 saturated carbocycles. The van der Waals surface area contributed by atoms with Gasteiger partial charge in [-0.2, -0.15) is 13.2 Å². The van der Waals surface area contributed by atoms with E-state index in [1.54, 1.807) is 7.05 Å². The number of carbonyl (C=O) groups excluding carboxylic acids is 1. The molecule has 1 heterocycles. The third kappa shape index (κ3) is 4.17. The van der Waals surface area contributed by atoms with E-state index in [1.165, 1.54) is 18.2 Å². The smallest absolute Gasteiger partial charge is 0.394 e. The Bertz CT molecular complexity index is 641. The van der Waals surface area contributed by atoms with Crippen LogP contribution in [0.5, 0.6) is 0 Å². The number of nitrogens with one attached hydrogen (secondary N) is 1. The summed E-state index contributed by atoms with van der Waals surface area (Å²) in [6.07, 6.45) is -4.60. The van der Waals surface area contributed by atoms with Crippen molar-refractivity contribution in [3.63, 3.8) is 0 Å². The molecular formula is C17H24F3N3O3. The van der Waals surface area contributed by atoms with Gasteiger partial charge < -0.3 is 20.9 Å². The molecule has 0 bridgehead atoms. The molecule has 1 saturated heterocycles. The summed E-state index contributed by atoms with van der Waals surface area (Å²) in [4.78, 5) is 14.3. The molecule has 9 heteroatoms. The average Bonchev–Trinajstić information content (AvgIpc) is 2.61. The highest BCUT2D eigenvalue weighted by molar-refractivity contribution is 5.83. The second-order valence-electron chi connectivity index (χ2n) is 6.64. The zero-order valence-corrected chi connectivity index (χ0v) is 14.7. The Labute approximate surface area is 150 Å². The summed E-state index contributed by atoms with van der Waals surface area (Å²) in [6, 6.07) is 3.27. The summed E-state index contributed by atoms with van der Waals surface area (Å²) in [5, 5.41) is 12.4. The minimum atomic E-state index is -4.60. The number of nitrogens with zero attached hydrogens (tertiary/aromatic N) is 1. The summed E-state index contributed by atoms with van der Waals surface area (Å²) in [5.41, 5.74) is 3.70. The molecule has 0 aromatic heterocycles. The SMILES string of the molecule is C[C@@H]1COC[C@@](CO)(CNC(=O)C(N)c2ccccc2C(F)(F)F)N1C. The number of halogens is 3. The van der Waals surface area contributed by atoms with Crippen LogP contribution in [0.25, 0.3) is 0 Å². The van der Waals surface area contributed by atoms with Crippen molar-refractivity contribution in [1.82, 2.24) is 10.2 Å². The number of rotatable bonds is 5. The van der Waals surface area contributed by atoms with E-state index < -0.39 is 29.2 Å². The first kappa shape index (κ1) is 20.6. The Morgan fingerprint density at radius 3 is 2.77 bits per heavy atom. The van der Waals surface area contributed by atoms with Gasteiger partial charge in [-0.1, -0.05) is 18.2 Å². The van der Waals surface area contributed by atoms with Crippen molar-refractivity contribution in [3.8, 4) is 0 Å². The molecule has 1 aromatic carbocycles. The number of hydrogen-bond donors (Lipinski definition) is 3. The molecule has 6 nitrogen and oxygen atoms in total. The first-order valence-corrected chi connectivity index (χ1v) is 8.23. The van der Waals surface area contributed by atoms with Gasteiger partial charge in [0.2, 0.25) is 5.91 Å². The molecular weight excluding hydrogens is 351 g/mol. The average molecular weight is 375 g/mol. The molecule has 1 unspecified atom stereocenters. The van der Waals surface area contributed by atoms with Gasteiger partial charge >= 0.3 is 6.18 Å². The number of aliphatic hydroxyl groups excluding tert-OH is 1. The number of carbonyl (C=O) groups is 1. The molecule has 2 rings (SSSR count). The maximum absolute atomic E-state index is 13.1. The van der Waals surface area contributed by atoms with Crippen molar-refractivity contribution in [2.45, 2.75) is 30.7 Å². The van der Waals surface area contributed by atoms with Crippen LogP contribution in [-0.4, -0.2) is 60.9 Å². The highest BCUT2D eigenvalue weighted by Gasteiger charge is 2.41. The van der Waals surface area contributed by atoms with Gasteiger partial charge in [-0.15, -0.1) is 0 Å². The molecule has 3 atom stereocenters. The van der Waals surface area contributed by atoms with Crippen molar-refractivity contribution in [3.05, 3.63) is 35.4 Å². The van der Waals surface area contributed by atoms with Crippen LogP contribution < -0.4 is 11.1 Å². The Balaban J connectivity index is 2.13. The zero-order chi connectivity index (χ0) is 19.5. The molecule has 26 heavy (non-hydrogen) atoms. The third-order valence-corrected chi connectivity index (χ3v) is 4.91. The number of aliphatic hydroxyl groups is 1. The van der Waals surface area contributed by atoms with Gasteiger partial charge in [0.15, 0.2) is 0 Å². The van der Waals surface area contributed by atoms with Crippen LogP contribution in [0.15, 0.2) is 24.3 Å².